The number of thioether (sulfide) groups is 1. The van der Waals surface area contributed by atoms with Crippen LogP contribution in [0.25, 0.3) is 0 Å². The minimum Gasteiger partial charge on any atom is -0.339 e. The lowest BCUT2D eigenvalue weighted by Crippen LogP contribution is -2.55. The van der Waals surface area contributed by atoms with Gasteiger partial charge in [0.25, 0.3) is 0 Å². The zero-order valence-electron chi connectivity index (χ0n) is 10.6. The van der Waals surface area contributed by atoms with Crippen LogP contribution in [0, 0.1) is 0 Å². The monoisotopic (exact) mass is 262 g/mol. The fourth-order valence-electron chi connectivity index (χ4n) is 2.67. The first kappa shape index (κ1) is 12.1. The van der Waals surface area contributed by atoms with Crippen molar-refractivity contribution in [1.29, 1.82) is 0 Å². The van der Waals surface area contributed by atoms with Gasteiger partial charge in [-0.05, 0) is 25.0 Å². The van der Waals surface area contributed by atoms with Crippen LogP contribution in [0.3, 0.4) is 0 Å². The molecule has 1 amide bonds. The predicted octanol–water partition coefficient (Wildman–Crippen LogP) is 1.52. The standard InChI is InChI=1S/C14H18N2OS/c1-10-14(17)16(7-6-15-10)9-12-8-11-4-2-3-5-13(11)18-12/h2-5,10,12,15H,6-9H2,1H3. The molecule has 1 N–H and O–H groups in total. The number of carbonyl (C=O) groups is 1. The van der Waals surface area contributed by atoms with Gasteiger partial charge in [-0.1, -0.05) is 18.2 Å². The molecule has 3 nitrogen and oxygen atoms in total. The zero-order chi connectivity index (χ0) is 12.5. The first-order valence-electron chi connectivity index (χ1n) is 6.51. The lowest BCUT2D eigenvalue weighted by Gasteiger charge is -2.33. The van der Waals surface area contributed by atoms with Crippen LogP contribution in [-0.2, 0) is 11.2 Å². The largest absolute Gasteiger partial charge is 0.339 e. The molecule has 1 fully saturated rings. The molecular formula is C14H18N2OS. The van der Waals surface area contributed by atoms with Crippen molar-refractivity contribution in [2.45, 2.75) is 29.5 Å². The van der Waals surface area contributed by atoms with E-state index in [9.17, 15) is 4.79 Å². The Kier molecular flexibility index (Phi) is 3.31. The predicted molar refractivity (Wildman–Crippen MR) is 73.8 cm³/mol. The number of rotatable bonds is 2. The minimum atomic E-state index is -0.0208. The maximum atomic E-state index is 12.0. The van der Waals surface area contributed by atoms with Gasteiger partial charge in [0.05, 0.1) is 6.04 Å². The second-order valence-corrected chi connectivity index (χ2v) is 6.35. The molecule has 1 aromatic rings. The van der Waals surface area contributed by atoms with Gasteiger partial charge in [-0.15, -0.1) is 11.8 Å². The number of amides is 1. The quantitative estimate of drug-likeness (QED) is 0.877. The Labute approximate surface area is 112 Å². The van der Waals surface area contributed by atoms with E-state index < -0.39 is 0 Å². The summed E-state index contributed by atoms with van der Waals surface area (Å²) in [5.74, 6) is 0.248. The molecule has 0 saturated carbocycles. The third-order valence-electron chi connectivity index (χ3n) is 3.65. The van der Waals surface area contributed by atoms with Gasteiger partial charge in [-0.25, -0.2) is 0 Å². The van der Waals surface area contributed by atoms with Crippen molar-refractivity contribution in [2.24, 2.45) is 0 Å². The normalized spacial score (nSPS) is 27.4. The molecule has 1 saturated heterocycles. The molecule has 0 spiro atoms. The van der Waals surface area contributed by atoms with Gasteiger partial charge in [0, 0.05) is 29.8 Å². The van der Waals surface area contributed by atoms with E-state index in [0.717, 1.165) is 26.1 Å². The number of benzene rings is 1. The number of nitrogens with one attached hydrogen (secondary N) is 1. The average molecular weight is 262 g/mol. The van der Waals surface area contributed by atoms with Crippen molar-refractivity contribution in [2.75, 3.05) is 19.6 Å². The molecule has 2 aliphatic heterocycles. The Morgan fingerprint density at radius 3 is 3.11 bits per heavy atom. The van der Waals surface area contributed by atoms with Gasteiger partial charge in [0.2, 0.25) is 5.91 Å². The summed E-state index contributed by atoms with van der Waals surface area (Å²) in [6.07, 6.45) is 1.09. The first-order chi connectivity index (χ1) is 8.74. The highest BCUT2D eigenvalue weighted by Crippen LogP contribution is 2.37. The van der Waals surface area contributed by atoms with E-state index in [1.807, 2.05) is 23.6 Å². The molecule has 0 bridgehead atoms. The molecule has 18 heavy (non-hydrogen) atoms. The highest BCUT2D eigenvalue weighted by atomic mass is 32.2. The van der Waals surface area contributed by atoms with Gasteiger partial charge in [0.15, 0.2) is 0 Å². The summed E-state index contributed by atoms with van der Waals surface area (Å²) in [5, 5.41) is 3.73. The van der Waals surface area contributed by atoms with Crippen molar-refractivity contribution in [3.05, 3.63) is 29.8 Å². The Morgan fingerprint density at radius 1 is 1.44 bits per heavy atom. The van der Waals surface area contributed by atoms with Crippen LogP contribution in [0.1, 0.15) is 12.5 Å². The average Bonchev–Trinajstić information content (AvgIpc) is 2.77. The maximum absolute atomic E-state index is 12.0. The summed E-state index contributed by atoms with van der Waals surface area (Å²) in [6, 6.07) is 8.55. The van der Waals surface area contributed by atoms with Crippen molar-refractivity contribution in [1.82, 2.24) is 10.2 Å². The second kappa shape index (κ2) is 4.94. The van der Waals surface area contributed by atoms with Gasteiger partial charge in [-0.2, -0.15) is 0 Å². The number of nitrogens with zero attached hydrogens (tertiary/aromatic N) is 1. The van der Waals surface area contributed by atoms with Gasteiger partial charge in [-0.3, -0.25) is 4.79 Å². The Bertz CT molecular complexity index is 438. The number of carbonyl (C=O) groups excluding carboxylic acids is 1. The van der Waals surface area contributed by atoms with Crippen LogP contribution in [0.2, 0.25) is 0 Å². The summed E-state index contributed by atoms with van der Waals surface area (Å²) >= 11 is 1.92. The lowest BCUT2D eigenvalue weighted by molar-refractivity contribution is -0.135. The van der Waals surface area contributed by atoms with Crippen LogP contribution in [0.5, 0.6) is 0 Å². The molecule has 2 unspecified atom stereocenters. The van der Waals surface area contributed by atoms with Gasteiger partial charge >= 0.3 is 0 Å². The van der Waals surface area contributed by atoms with Crippen LogP contribution in [-0.4, -0.2) is 41.7 Å². The number of hydrogen-bond donors (Lipinski definition) is 1. The fourth-order valence-corrected chi connectivity index (χ4v) is 4.01. The maximum Gasteiger partial charge on any atom is 0.239 e. The zero-order valence-corrected chi connectivity index (χ0v) is 11.4. The third kappa shape index (κ3) is 2.27. The van der Waals surface area contributed by atoms with E-state index in [0.29, 0.717) is 5.25 Å². The first-order valence-corrected chi connectivity index (χ1v) is 7.39. The minimum absolute atomic E-state index is 0.0208. The van der Waals surface area contributed by atoms with E-state index in [2.05, 4.69) is 29.6 Å². The van der Waals surface area contributed by atoms with Crippen LogP contribution in [0.15, 0.2) is 29.2 Å². The Balaban J connectivity index is 1.64. The van der Waals surface area contributed by atoms with Crippen molar-refractivity contribution < 1.29 is 4.79 Å². The highest BCUT2D eigenvalue weighted by Gasteiger charge is 2.29. The van der Waals surface area contributed by atoms with E-state index in [1.165, 1.54) is 10.5 Å². The van der Waals surface area contributed by atoms with E-state index in [4.69, 9.17) is 0 Å². The molecule has 2 heterocycles. The SMILES string of the molecule is CC1NCCN(CC2Cc3ccccc3S2)C1=O. The number of hydrogen-bond acceptors (Lipinski definition) is 3. The Hall–Kier alpha value is -1.00. The van der Waals surface area contributed by atoms with Crippen molar-refractivity contribution >= 4 is 17.7 Å². The fraction of sp³-hybridized carbons (Fsp3) is 0.500. The van der Waals surface area contributed by atoms with E-state index >= 15 is 0 Å². The summed E-state index contributed by atoms with van der Waals surface area (Å²) in [7, 11) is 0. The molecule has 1 aromatic carbocycles. The number of fused-ring (bicyclic) bond motifs is 1. The molecule has 4 heteroatoms. The molecule has 2 atom stereocenters. The van der Waals surface area contributed by atoms with Crippen molar-refractivity contribution in [3.63, 3.8) is 0 Å². The molecule has 0 aromatic heterocycles. The topological polar surface area (TPSA) is 32.3 Å². The van der Waals surface area contributed by atoms with Crippen LogP contribution >= 0.6 is 11.8 Å². The van der Waals surface area contributed by atoms with Crippen LogP contribution in [0.4, 0.5) is 0 Å². The molecule has 2 aliphatic rings. The van der Waals surface area contributed by atoms with Gasteiger partial charge < -0.3 is 10.2 Å². The summed E-state index contributed by atoms with van der Waals surface area (Å²) in [5.41, 5.74) is 1.43. The smallest absolute Gasteiger partial charge is 0.239 e. The molecule has 0 aliphatic carbocycles. The van der Waals surface area contributed by atoms with E-state index in [-0.39, 0.29) is 11.9 Å². The summed E-state index contributed by atoms with van der Waals surface area (Å²) in [4.78, 5) is 15.4. The van der Waals surface area contributed by atoms with Gasteiger partial charge in [0.1, 0.15) is 0 Å². The van der Waals surface area contributed by atoms with E-state index in [1.54, 1.807) is 0 Å². The lowest BCUT2D eigenvalue weighted by atomic mass is 10.1. The third-order valence-corrected chi connectivity index (χ3v) is 4.95. The Morgan fingerprint density at radius 2 is 2.28 bits per heavy atom. The van der Waals surface area contributed by atoms with Crippen molar-refractivity contribution in [3.8, 4) is 0 Å². The highest BCUT2D eigenvalue weighted by molar-refractivity contribution is 8.00. The molecule has 3 rings (SSSR count). The second-order valence-electron chi connectivity index (χ2n) is 5.01. The summed E-state index contributed by atoms with van der Waals surface area (Å²) in [6.45, 7) is 4.59. The summed E-state index contributed by atoms with van der Waals surface area (Å²) < 4.78 is 0. The van der Waals surface area contributed by atoms with Crippen LogP contribution < -0.4 is 5.32 Å². The molecule has 0 radical (unpaired) electrons. The number of piperazine rings is 1. The molecular weight excluding hydrogens is 244 g/mol. The molecule has 96 valence electrons.